The number of allylic oxidation sites excluding steroid dienone is 7. The predicted octanol–water partition coefficient (Wildman–Crippen LogP) is 5.47. The third-order valence-corrected chi connectivity index (χ3v) is 7.16. The van der Waals surface area contributed by atoms with E-state index >= 15 is 0 Å². The lowest BCUT2D eigenvalue weighted by Gasteiger charge is -2.23. The van der Waals surface area contributed by atoms with Crippen LogP contribution >= 0.6 is 15.6 Å². The summed E-state index contributed by atoms with van der Waals surface area (Å²) in [5.41, 5.74) is 4.95. The second-order valence-corrected chi connectivity index (χ2v) is 11.5. The van der Waals surface area contributed by atoms with Crippen LogP contribution in [0.2, 0.25) is 0 Å². The van der Waals surface area contributed by atoms with Gasteiger partial charge in [0.2, 0.25) is 0 Å². The summed E-state index contributed by atoms with van der Waals surface area (Å²) >= 11 is 0. The van der Waals surface area contributed by atoms with Crippen LogP contribution in [-0.2, 0) is 18.0 Å². The highest BCUT2D eigenvalue weighted by Gasteiger charge is 2.36. The summed E-state index contributed by atoms with van der Waals surface area (Å²) in [5, 5.41) is 19.0. The molecule has 0 rings (SSSR count). The number of phosphoric ester groups is 1. The molecule has 0 aliphatic carbocycles. The summed E-state index contributed by atoms with van der Waals surface area (Å²) in [7, 11) is -10.4. The fourth-order valence-corrected chi connectivity index (χ4v) is 4.82. The molecule has 34 heavy (non-hydrogen) atoms. The molecule has 0 aromatic heterocycles. The number of hydrogen-bond acceptors (Lipinski definition) is 6. The van der Waals surface area contributed by atoms with Crippen molar-refractivity contribution >= 4 is 15.6 Å². The van der Waals surface area contributed by atoms with Gasteiger partial charge in [0.1, 0.15) is 12.2 Å². The lowest BCUT2D eigenvalue weighted by Crippen LogP contribution is -2.31. The Labute approximate surface area is 203 Å². The number of aliphatic hydroxyl groups is 2. The van der Waals surface area contributed by atoms with Gasteiger partial charge < -0.3 is 24.9 Å². The molecule has 5 N–H and O–H groups in total. The molecular weight excluding hydrogens is 482 g/mol. The van der Waals surface area contributed by atoms with E-state index in [1.54, 1.807) is 6.08 Å². The van der Waals surface area contributed by atoms with Gasteiger partial charge in [-0.25, -0.2) is 9.13 Å². The molecule has 3 unspecified atom stereocenters. The zero-order valence-corrected chi connectivity index (χ0v) is 22.7. The van der Waals surface area contributed by atoms with Gasteiger partial charge in [-0.2, -0.15) is 4.31 Å². The number of hydrogen-bond donors (Lipinski definition) is 5. The molecule has 0 bridgehead atoms. The van der Waals surface area contributed by atoms with Crippen molar-refractivity contribution in [3.8, 4) is 0 Å². The molecule has 0 saturated carbocycles. The first-order chi connectivity index (χ1) is 15.6. The molecule has 0 heterocycles. The largest absolute Gasteiger partial charge is 0.481 e. The Morgan fingerprint density at radius 3 is 1.65 bits per heavy atom. The maximum absolute atomic E-state index is 11.8. The summed E-state index contributed by atoms with van der Waals surface area (Å²) in [6.45, 7) is 9.55. The lowest BCUT2D eigenvalue weighted by molar-refractivity contribution is -0.0117. The van der Waals surface area contributed by atoms with E-state index in [0.29, 0.717) is 6.42 Å². The fraction of sp³-hybridized carbons (Fsp3) is 0.652. The van der Waals surface area contributed by atoms with Crippen molar-refractivity contribution in [1.29, 1.82) is 0 Å². The van der Waals surface area contributed by atoms with Crippen LogP contribution in [0.5, 0.6) is 0 Å². The van der Waals surface area contributed by atoms with Crippen molar-refractivity contribution in [2.75, 3.05) is 6.61 Å². The maximum Gasteiger partial charge on any atom is 0.481 e. The second kappa shape index (κ2) is 16.7. The van der Waals surface area contributed by atoms with Crippen LogP contribution in [-0.4, -0.2) is 43.7 Å². The molecular formula is C23H42O9P2. The smallest absolute Gasteiger partial charge is 0.394 e. The fourth-order valence-electron chi connectivity index (χ4n) is 3.02. The van der Waals surface area contributed by atoms with Crippen LogP contribution in [0.15, 0.2) is 46.6 Å². The predicted molar refractivity (Wildman–Crippen MR) is 134 cm³/mol. The highest BCUT2D eigenvalue weighted by molar-refractivity contribution is 7.60. The average Bonchev–Trinajstić information content (AvgIpc) is 2.68. The van der Waals surface area contributed by atoms with Crippen LogP contribution in [0.1, 0.15) is 79.6 Å². The molecule has 0 spiro atoms. The van der Waals surface area contributed by atoms with Gasteiger partial charge in [0, 0.05) is 0 Å². The van der Waals surface area contributed by atoms with E-state index in [0.717, 1.165) is 37.7 Å². The van der Waals surface area contributed by atoms with Gasteiger partial charge in [0.05, 0.1) is 6.61 Å². The summed E-state index contributed by atoms with van der Waals surface area (Å²) in [5.74, 6) is 0. The van der Waals surface area contributed by atoms with E-state index in [-0.39, 0.29) is 6.42 Å². The van der Waals surface area contributed by atoms with E-state index < -0.39 is 34.5 Å². The number of rotatable bonds is 17. The van der Waals surface area contributed by atoms with Crippen molar-refractivity contribution in [2.45, 2.75) is 91.8 Å². The van der Waals surface area contributed by atoms with Gasteiger partial charge in [-0.1, -0.05) is 46.6 Å². The summed E-state index contributed by atoms with van der Waals surface area (Å²) < 4.78 is 31.0. The first-order valence-corrected chi connectivity index (χ1v) is 14.3. The molecule has 0 aromatic rings. The van der Waals surface area contributed by atoms with Crippen LogP contribution in [0.25, 0.3) is 0 Å². The minimum Gasteiger partial charge on any atom is -0.394 e. The molecule has 0 aliphatic heterocycles. The summed E-state index contributed by atoms with van der Waals surface area (Å²) in [6, 6.07) is 0. The molecule has 9 nitrogen and oxygen atoms in total. The highest BCUT2D eigenvalue weighted by Crippen LogP contribution is 2.58. The van der Waals surface area contributed by atoms with Crippen molar-refractivity contribution < 1.29 is 42.9 Å². The molecule has 198 valence electrons. The molecule has 0 amide bonds. The second-order valence-electron chi connectivity index (χ2n) is 8.72. The minimum atomic E-state index is -5.28. The summed E-state index contributed by atoms with van der Waals surface area (Å²) in [4.78, 5) is 26.9. The molecule has 11 heteroatoms. The third kappa shape index (κ3) is 18.5. The molecule has 0 fully saturated rings. The Kier molecular flexibility index (Phi) is 16.3. The van der Waals surface area contributed by atoms with E-state index in [4.69, 9.17) is 14.9 Å². The lowest BCUT2D eigenvalue weighted by atomic mass is 10.0. The van der Waals surface area contributed by atoms with Gasteiger partial charge in [-0.05, 0) is 79.6 Å². The maximum atomic E-state index is 11.8. The molecule has 0 saturated heterocycles. The first kappa shape index (κ1) is 33.1. The Morgan fingerprint density at radius 1 is 0.794 bits per heavy atom. The number of aliphatic hydroxyl groups excluding tert-OH is 2. The average molecular weight is 525 g/mol. The van der Waals surface area contributed by atoms with Crippen LogP contribution in [0.3, 0.4) is 0 Å². The minimum absolute atomic E-state index is 0.0534. The Morgan fingerprint density at radius 2 is 1.24 bits per heavy atom. The van der Waals surface area contributed by atoms with Gasteiger partial charge in [0.25, 0.3) is 0 Å². The van der Waals surface area contributed by atoms with E-state index in [1.165, 1.54) is 16.7 Å². The highest BCUT2D eigenvalue weighted by atomic mass is 31.3. The Bertz CT molecular complexity index is 820. The van der Waals surface area contributed by atoms with Crippen LogP contribution < -0.4 is 0 Å². The molecule has 0 aliphatic rings. The van der Waals surface area contributed by atoms with Gasteiger partial charge in [0.15, 0.2) is 0 Å². The van der Waals surface area contributed by atoms with Crippen molar-refractivity contribution in [3.05, 3.63) is 46.6 Å². The van der Waals surface area contributed by atoms with E-state index in [9.17, 15) is 19.1 Å². The van der Waals surface area contributed by atoms with Crippen molar-refractivity contribution in [3.63, 3.8) is 0 Å². The first-order valence-electron chi connectivity index (χ1n) is 11.3. The van der Waals surface area contributed by atoms with Gasteiger partial charge in [-0.3, -0.25) is 4.52 Å². The Hall–Kier alpha value is -0.860. The van der Waals surface area contributed by atoms with Crippen LogP contribution in [0.4, 0.5) is 0 Å². The van der Waals surface area contributed by atoms with Crippen molar-refractivity contribution in [2.24, 2.45) is 0 Å². The molecule has 0 radical (unpaired) electrons. The monoisotopic (exact) mass is 524 g/mol. The summed E-state index contributed by atoms with van der Waals surface area (Å²) in [6.07, 6.45) is 11.0. The van der Waals surface area contributed by atoms with E-state index in [1.807, 2.05) is 6.92 Å². The number of phosphoric acid groups is 2. The normalized spacial score (nSPS) is 17.3. The standard InChI is InChI=1S/C23H42O9P2/c1-18(2)9-6-10-19(3)11-7-12-20(4)13-8-14-21(5)15-16-23(22(25)17-24)31-34(29,30)32-33(26,27)28/h9,11,13,15,22-25H,6-8,10,12,14,16-17H2,1-5H3,(H,29,30)(H2,26,27,28)/b19-11+,20-13+,21-15+. The van der Waals surface area contributed by atoms with E-state index in [2.05, 4.69) is 54.8 Å². The Balaban J connectivity index is 4.67. The van der Waals surface area contributed by atoms with Gasteiger partial charge >= 0.3 is 15.6 Å². The topological polar surface area (TPSA) is 154 Å². The van der Waals surface area contributed by atoms with Crippen LogP contribution in [0, 0.1) is 0 Å². The molecule has 0 aromatic carbocycles. The zero-order chi connectivity index (χ0) is 26.4. The van der Waals surface area contributed by atoms with Gasteiger partial charge in [-0.15, -0.1) is 0 Å². The molecule has 3 atom stereocenters. The SMILES string of the molecule is CC(C)=CCC/C(C)=C/CC/C(C)=C/CC/C(C)=C/CC(OP(=O)(O)OP(=O)(O)O)C(O)CO. The zero-order valence-electron chi connectivity index (χ0n) is 20.9. The van der Waals surface area contributed by atoms with Crippen molar-refractivity contribution in [1.82, 2.24) is 0 Å². The quantitative estimate of drug-likeness (QED) is 0.123. The third-order valence-electron chi connectivity index (χ3n) is 4.95.